The van der Waals surface area contributed by atoms with Gasteiger partial charge in [0.05, 0.1) is 12.7 Å². The Morgan fingerprint density at radius 2 is 1.92 bits per heavy atom. The number of anilines is 1. The van der Waals surface area contributed by atoms with Crippen molar-refractivity contribution < 1.29 is 18.7 Å². The lowest BCUT2D eigenvalue weighted by Gasteiger charge is -2.30. The first kappa shape index (κ1) is 27.1. The number of nitrogens with zero attached hydrogens (tertiary/aromatic N) is 2. The highest BCUT2D eigenvalue weighted by atomic mass is 19.1. The molecule has 0 bridgehead atoms. The normalized spacial score (nSPS) is 21.4. The topological polar surface area (TPSA) is 71.5 Å². The van der Waals surface area contributed by atoms with E-state index in [-0.39, 0.29) is 23.7 Å². The molecule has 3 unspecified atom stereocenters. The molecular formula is C30H40FN3O3. The van der Waals surface area contributed by atoms with Crippen LogP contribution in [0.2, 0.25) is 0 Å². The molecule has 2 fully saturated rings. The van der Waals surface area contributed by atoms with Crippen LogP contribution < -0.4 is 10.1 Å². The maximum Gasteiger partial charge on any atom is 0.257 e. The molecule has 37 heavy (non-hydrogen) atoms. The Hall–Kier alpha value is -2.96. The Kier molecular flexibility index (Phi) is 8.83. The Labute approximate surface area is 220 Å². The number of likely N-dealkylation sites (tertiary alicyclic amines) is 1. The van der Waals surface area contributed by atoms with Gasteiger partial charge in [0.25, 0.3) is 5.91 Å². The lowest BCUT2D eigenvalue weighted by Crippen LogP contribution is -2.41. The number of amides is 2. The van der Waals surface area contributed by atoms with Gasteiger partial charge in [0.15, 0.2) is 0 Å². The van der Waals surface area contributed by atoms with Gasteiger partial charge >= 0.3 is 0 Å². The molecule has 3 atom stereocenters. The second-order valence-corrected chi connectivity index (χ2v) is 11.0. The molecular weight excluding hydrogens is 469 g/mol. The molecule has 1 N–H and O–H groups in total. The van der Waals surface area contributed by atoms with E-state index in [0.717, 1.165) is 56.2 Å². The fraction of sp³-hybridized carbons (Fsp3) is 0.567. The van der Waals surface area contributed by atoms with Gasteiger partial charge in [-0.2, -0.15) is 0 Å². The molecule has 1 aromatic carbocycles. The van der Waals surface area contributed by atoms with Crippen LogP contribution in [-0.2, 0) is 11.2 Å². The van der Waals surface area contributed by atoms with Crippen LogP contribution in [0.3, 0.4) is 0 Å². The molecule has 2 aromatic rings. The van der Waals surface area contributed by atoms with Crippen LogP contribution in [0.5, 0.6) is 5.88 Å². The van der Waals surface area contributed by atoms with Crippen molar-refractivity contribution in [2.45, 2.75) is 78.2 Å². The van der Waals surface area contributed by atoms with Crippen LogP contribution >= 0.6 is 0 Å². The summed E-state index contributed by atoms with van der Waals surface area (Å²) in [4.78, 5) is 32.1. The molecule has 2 amide bonds. The van der Waals surface area contributed by atoms with Gasteiger partial charge in [0, 0.05) is 36.5 Å². The van der Waals surface area contributed by atoms with Gasteiger partial charge in [0.2, 0.25) is 11.8 Å². The average Bonchev–Trinajstić information content (AvgIpc) is 3.36. The van der Waals surface area contributed by atoms with Gasteiger partial charge < -0.3 is 15.0 Å². The first-order chi connectivity index (χ1) is 17.8. The van der Waals surface area contributed by atoms with Crippen LogP contribution in [0.15, 0.2) is 30.5 Å². The van der Waals surface area contributed by atoms with Crippen molar-refractivity contribution in [1.82, 2.24) is 9.88 Å². The number of nitrogens with one attached hydrogen (secondary N) is 1. The van der Waals surface area contributed by atoms with E-state index in [2.05, 4.69) is 29.0 Å². The predicted octanol–water partition coefficient (Wildman–Crippen LogP) is 6.18. The van der Waals surface area contributed by atoms with Crippen molar-refractivity contribution in [2.24, 2.45) is 17.8 Å². The number of rotatable bonds is 7. The summed E-state index contributed by atoms with van der Waals surface area (Å²) in [5.41, 5.74) is 2.64. The molecule has 1 saturated carbocycles. The lowest BCUT2D eigenvalue weighted by molar-refractivity contribution is -0.137. The maximum absolute atomic E-state index is 14.6. The number of halogens is 1. The van der Waals surface area contributed by atoms with Gasteiger partial charge in [-0.3, -0.25) is 9.59 Å². The van der Waals surface area contributed by atoms with Crippen LogP contribution in [0.25, 0.3) is 0 Å². The zero-order valence-electron chi connectivity index (χ0n) is 22.6. The predicted molar refractivity (Wildman–Crippen MR) is 143 cm³/mol. The van der Waals surface area contributed by atoms with Crippen LogP contribution in [0.4, 0.5) is 10.1 Å². The first-order valence-electron chi connectivity index (χ1n) is 13.7. The van der Waals surface area contributed by atoms with E-state index < -0.39 is 0 Å². The molecule has 4 rings (SSSR count). The highest BCUT2D eigenvalue weighted by Gasteiger charge is 2.33. The van der Waals surface area contributed by atoms with E-state index in [1.54, 1.807) is 18.2 Å². The van der Waals surface area contributed by atoms with Crippen LogP contribution in [0, 0.1) is 30.5 Å². The molecule has 6 nitrogen and oxygen atoms in total. The summed E-state index contributed by atoms with van der Waals surface area (Å²) >= 11 is 0. The summed E-state index contributed by atoms with van der Waals surface area (Å²) in [5, 5.41) is 2.85. The molecule has 1 saturated heterocycles. The van der Waals surface area contributed by atoms with Crippen molar-refractivity contribution in [1.29, 1.82) is 0 Å². The summed E-state index contributed by atoms with van der Waals surface area (Å²) in [7, 11) is 1.52. The molecule has 0 radical (unpaired) electrons. The summed E-state index contributed by atoms with van der Waals surface area (Å²) in [5.74, 6) is 1.10. The Bertz CT molecular complexity index is 1100. The molecule has 7 heteroatoms. The van der Waals surface area contributed by atoms with E-state index in [1.165, 1.54) is 32.2 Å². The van der Waals surface area contributed by atoms with Gasteiger partial charge in [-0.15, -0.1) is 0 Å². The smallest absolute Gasteiger partial charge is 0.257 e. The fourth-order valence-electron chi connectivity index (χ4n) is 6.01. The number of carbonyl (C=O) groups excluding carboxylic acids is 2. The zero-order valence-corrected chi connectivity index (χ0v) is 22.6. The third-order valence-electron chi connectivity index (χ3n) is 8.50. The van der Waals surface area contributed by atoms with E-state index in [0.29, 0.717) is 34.9 Å². The first-order valence-corrected chi connectivity index (χ1v) is 13.7. The molecule has 1 aliphatic heterocycles. The van der Waals surface area contributed by atoms with Gasteiger partial charge in [-0.25, -0.2) is 9.37 Å². The van der Waals surface area contributed by atoms with Crippen molar-refractivity contribution in [3.8, 4) is 5.88 Å². The summed E-state index contributed by atoms with van der Waals surface area (Å²) in [6.45, 7) is 7.16. The second kappa shape index (κ2) is 12.1. The van der Waals surface area contributed by atoms with E-state index in [9.17, 15) is 14.0 Å². The van der Waals surface area contributed by atoms with Gasteiger partial charge in [-0.1, -0.05) is 19.8 Å². The summed E-state index contributed by atoms with van der Waals surface area (Å²) in [6.07, 6.45) is 9.64. The minimum absolute atomic E-state index is 0.216. The van der Waals surface area contributed by atoms with E-state index in [1.807, 2.05) is 6.92 Å². The molecule has 200 valence electrons. The highest BCUT2D eigenvalue weighted by molar-refractivity contribution is 6.04. The maximum atomic E-state index is 14.6. The second-order valence-electron chi connectivity index (χ2n) is 11.0. The number of aromatic nitrogens is 1. The highest BCUT2D eigenvalue weighted by Crippen LogP contribution is 2.34. The lowest BCUT2D eigenvalue weighted by atomic mass is 9.82. The minimum atomic E-state index is -0.362. The van der Waals surface area contributed by atoms with Crippen LogP contribution in [-0.4, -0.2) is 41.4 Å². The number of pyridine rings is 1. The molecule has 2 aliphatic rings. The minimum Gasteiger partial charge on any atom is -0.481 e. The van der Waals surface area contributed by atoms with Crippen LogP contribution in [0.1, 0.15) is 80.3 Å². The fourth-order valence-corrected chi connectivity index (χ4v) is 6.01. The Morgan fingerprint density at radius 1 is 1.16 bits per heavy atom. The molecule has 0 spiro atoms. The van der Waals surface area contributed by atoms with E-state index in [4.69, 9.17) is 4.74 Å². The summed E-state index contributed by atoms with van der Waals surface area (Å²) < 4.78 is 19.7. The van der Waals surface area contributed by atoms with Gasteiger partial charge in [0.1, 0.15) is 5.82 Å². The standard InChI is InChI=1S/C30H40FN3O3/c1-19(22-10-9-20(2)34(14-13-22)30(36)23-7-5-6-8-23)15-25-16-26(31)17-27(21(25)3)33-29(35)24-11-12-28(37-4)32-18-24/h11-12,16-20,22-23H,5-10,13-15H2,1-4H3,(H,33,35). The number of hydrogen-bond donors (Lipinski definition) is 1. The zero-order chi connectivity index (χ0) is 26.5. The summed E-state index contributed by atoms with van der Waals surface area (Å²) in [6, 6.07) is 6.49. The number of benzene rings is 1. The molecule has 2 heterocycles. The third kappa shape index (κ3) is 6.49. The van der Waals surface area contributed by atoms with E-state index >= 15 is 0 Å². The number of hydrogen-bond acceptors (Lipinski definition) is 4. The SMILES string of the molecule is COc1ccc(C(=O)Nc2cc(F)cc(CC(C)C3CCC(C)N(C(=O)C4CCCC4)CC3)c2C)cn1. The average molecular weight is 510 g/mol. The molecule has 1 aromatic heterocycles. The number of methoxy groups -OCH3 is 1. The number of carbonyl (C=O) groups is 2. The van der Waals surface area contributed by atoms with Gasteiger partial charge in [-0.05, 0) is 93.5 Å². The van der Waals surface area contributed by atoms with Crippen molar-refractivity contribution in [3.63, 3.8) is 0 Å². The number of ether oxygens (including phenoxy) is 1. The van der Waals surface area contributed by atoms with Crippen molar-refractivity contribution >= 4 is 17.5 Å². The Balaban J connectivity index is 1.42. The van der Waals surface area contributed by atoms with Crippen molar-refractivity contribution in [3.05, 3.63) is 53.0 Å². The quantitative estimate of drug-likeness (QED) is 0.484. The molecule has 1 aliphatic carbocycles. The van der Waals surface area contributed by atoms with Crippen molar-refractivity contribution in [2.75, 3.05) is 19.0 Å². The largest absolute Gasteiger partial charge is 0.481 e. The third-order valence-corrected chi connectivity index (χ3v) is 8.50. The Morgan fingerprint density at radius 3 is 2.59 bits per heavy atom. The monoisotopic (exact) mass is 509 g/mol.